The van der Waals surface area contributed by atoms with Gasteiger partial charge in [-0.2, -0.15) is 0 Å². The minimum Gasteiger partial charge on any atom is -0.354 e. The van der Waals surface area contributed by atoms with Gasteiger partial charge in [-0.25, -0.2) is 0 Å². The third-order valence-electron chi connectivity index (χ3n) is 6.48. The van der Waals surface area contributed by atoms with E-state index in [0.717, 1.165) is 22.3 Å². The highest BCUT2D eigenvalue weighted by Crippen LogP contribution is 2.54. The Bertz CT molecular complexity index is 929. The SMILES string of the molecule is Cc1ccc(C2NC(=S)NC(c3ccc(C)cc3)C23C(=O)CC(C)(C)CC3=O)cc1. The predicted octanol–water partition coefficient (Wildman–Crippen LogP) is 4.51. The summed E-state index contributed by atoms with van der Waals surface area (Å²) in [6.07, 6.45) is 0.721. The first-order valence-electron chi connectivity index (χ1n) is 10.4. The quantitative estimate of drug-likeness (QED) is 0.553. The van der Waals surface area contributed by atoms with Crippen molar-refractivity contribution in [3.05, 3.63) is 70.8 Å². The van der Waals surface area contributed by atoms with Crippen molar-refractivity contribution in [1.82, 2.24) is 10.6 Å². The summed E-state index contributed by atoms with van der Waals surface area (Å²) in [5, 5.41) is 7.04. The monoisotopic (exact) mass is 420 g/mol. The highest BCUT2D eigenvalue weighted by Gasteiger charge is 2.63. The van der Waals surface area contributed by atoms with Gasteiger partial charge in [0.15, 0.2) is 16.7 Å². The zero-order chi connectivity index (χ0) is 21.7. The summed E-state index contributed by atoms with van der Waals surface area (Å²) >= 11 is 5.54. The largest absolute Gasteiger partial charge is 0.354 e. The molecule has 0 aromatic heterocycles. The number of carbonyl (C=O) groups is 2. The molecule has 1 heterocycles. The zero-order valence-corrected chi connectivity index (χ0v) is 18.7. The van der Waals surface area contributed by atoms with Crippen LogP contribution in [0, 0.1) is 24.7 Å². The fourth-order valence-electron chi connectivity index (χ4n) is 4.93. The Labute approximate surface area is 183 Å². The van der Waals surface area contributed by atoms with Crippen LogP contribution < -0.4 is 10.6 Å². The van der Waals surface area contributed by atoms with Crippen LogP contribution in [0.25, 0.3) is 0 Å². The van der Waals surface area contributed by atoms with E-state index >= 15 is 0 Å². The van der Waals surface area contributed by atoms with Gasteiger partial charge in [0.1, 0.15) is 5.41 Å². The van der Waals surface area contributed by atoms with Crippen molar-refractivity contribution in [2.24, 2.45) is 10.8 Å². The lowest BCUT2D eigenvalue weighted by Gasteiger charge is -2.52. The summed E-state index contributed by atoms with van der Waals surface area (Å²) in [5.74, 6) is -0.0511. The molecule has 0 amide bonds. The molecule has 2 aromatic carbocycles. The summed E-state index contributed by atoms with van der Waals surface area (Å²) in [7, 11) is 0. The predicted molar refractivity (Wildman–Crippen MR) is 122 cm³/mol. The average molecular weight is 421 g/mol. The van der Waals surface area contributed by atoms with Gasteiger partial charge in [0.25, 0.3) is 0 Å². The Balaban J connectivity index is 1.93. The van der Waals surface area contributed by atoms with Crippen LogP contribution in [-0.4, -0.2) is 16.7 Å². The molecule has 0 radical (unpaired) electrons. The number of carbonyl (C=O) groups excluding carboxylic acids is 2. The second-order valence-electron chi connectivity index (χ2n) is 9.54. The van der Waals surface area contributed by atoms with E-state index in [1.165, 1.54) is 0 Å². The van der Waals surface area contributed by atoms with E-state index in [0.29, 0.717) is 18.0 Å². The van der Waals surface area contributed by atoms with Gasteiger partial charge in [-0.15, -0.1) is 0 Å². The summed E-state index contributed by atoms with van der Waals surface area (Å²) in [6.45, 7) is 8.03. The van der Waals surface area contributed by atoms with E-state index in [1.807, 2.05) is 76.2 Å². The van der Waals surface area contributed by atoms with Gasteiger partial charge in [-0.3, -0.25) is 9.59 Å². The van der Waals surface area contributed by atoms with Gasteiger partial charge in [0.05, 0.1) is 12.1 Å². The van der Waals surface area contributed by atoms with Crippen LogP contribution >= 0.6 is 12.2 Å². The Morgan fingerprint density at radius 3 is 1.50 bits per heavy atom. The van der Waals surface area contributed by atoms with Gasteiger partial charge in [-0.1, -0.05) is 73.5 Å². The summed E-state index contributed by atoms with van der Waals surface area (Å²) in [6, 6.07) is 15.0. The normalized spacial score (nSPS) is 25.0. The van der Waals surface area contributed by atoms with E-state index in [-0.39, 0.29) is 17.0 Å². The standard InChI is InChI=1S/C25H28N2O2S/c1-15-5-9-17(10-6-15)21-25(19(28)13-24(3,4)14-20(25)29)22(27-23(30)26-21)18-11-7-16(2)8-12-18/h5-12,21-22H,13-14H2,1-4H3,(H2,26,27,30). The minimum absolute atomic E-state index is 0.0256. The Morgan fingerprint density at radius 2 is 1.13 bits per heavy atom. The molecule has 0 bridgehead atoms. The molecular formula is C25H28N2O2S. The maximum atomic E-state index is 13.9. The molecule has 1 saturated carbocycles. The van der Waals surface area contributed by atoms with Gasteiger partial charge in [-0.05, 0) is 42.6 Å². The third kappa shape index (κ3) is 3.35. The topological polar surface area (TPSA) is 58.2 Å². The van der Waals surface area contributed by atoms with E-state index < -0.39 is 17.5 Å². The molecule has 2 unspecified atom stereocenters. The average Bonchev–Trinajstić information content (AvgIpc) is 2.66. The second kappa shape index (κ2) is 7.31. The lowest BCUT2D eigenvalue weighted by atomic mass is 9.55. The first-order valence-corrected chi connectivity index (χ1v) is 10.8. The molecule has 2 N–H and O–H groups in total. The van der Waals surface area contributed by atoms with Crippen LogP contribution in [0.2, 0.25) is 0 Å². The first-order chi connectivity index (χ1) is 14.1. The molecule has 2 aliphatic rings. The molecule has 4 nitrogen and oxygen atoms in total. The molecule has 2 fully saturated rings. The molecule has 1 aliphatic carbocycles. The third-order valence-corrected chi connectivity index (χ3v) is 6.72. The van der Waals surface area contributed by atoms with Crippen LogP contribution in [0.4, 0.5) is 0 Å². The van der Waals surface area contributed by atoms with Crippen molar-refractivity contribution in [2.75, 3.05) is 0 Å². The maximum absolute atomic E-state index is 13.9. The number of benzene rings is 2. The van der Waals surface area contributed by atoms with Crippen molar-refractivity contribution in [1.29, 1.82) is 0 Å². The molecule has 156 valence electrons. The number of aryl methyl sites for hydroxylation is 2. The van der Waals surface area contributed by atoms with Crippen molar-refractivity contribution in [3.63, 3.8) is 0 Å². The number of rotatable bonds is 2. The van der Waals surface area contributed by atoms with Crippen molar-refractivity contribution in [3.8, 4) is 0 Å². The Kier molecular flexibility index (Phi) is 5.05. The lowest BCUT2D eigenvalue weighted by Crippen LogP contribution is -2.66. The molecule has 5 heteroatoms. The Morgan fingerprint density at radius 1 is 0.767 bits per heavy atom. The lowest BCUT2D eigenvalue weighted by molar-refractivity contribution is -0.154. The van der Waals surface area contributed by atoms with Crippen molar-refractivity contribution in [2.45, 2.75) is 52.6 Å². The molecule has 1 spiro atoms. The highest BCUT2D eigenvalue weighted by atomic mass is 32.1. The molecule has 1 aliphatic heterocycles. The first kappa shape index (κ1) is 20.7. The van der Waals surface area contributed by atoms with E-state index in [9.17, 15) is 9.59 Å². The summed E-state index contributed by atoms with van der Waals surface area (Å²) in [5.41, 5.74) is 2.48. The van der Waals surface area contributed by atoms with Crippen LogP contribution in [0.5, 0.6) is 0 Å². The molecule has 4 rings (SSSR count). The van der Waals surface area contributed by atoms with Crippen LogP contribution in [0.15, 0.2) is 48.5 Å². The number of nitrogens with one attached hydrogen (secondary N) is 2. The van der Waals surface area contributed by atoms with Crippen LogP contribution in [0.3, 0.4) is 0 Å². The fourth-order valence-corrected chi connectivity index (χ4v) is 5.17. The van der Waals surface area contributed by atoms with Gasteiger partial charge in [0.2, 0.25) is 0 Å². The molecule has 2 aromatic rings. The zero-order valence-electron chi connectivity index (χ0n) is 17.9. The van der Waals surface area contributed by atoms with Crippen molar-refractivity contribution >= 4 is 28.9 Å². The fraction of sp³-hybridized carbons (Fsp3) is 0.400. The summed E-state index contributed by atoms with van der Waals surface area (Å²) in [4.78, 5) is 27.7. The number of Topliss-reactive ketones (excluding diaryl/α,β-unsaturated/α-hetero) is 2. The van der Waals surface area contributed by atoms with Crippen molar-refractivity contribution < 1.29 is 9.59 Å². The van der Waals surface area contributed by atoms with Gasteiger partial charge >= 0.3 is 0 Å². The number of hydrogen-bond acceptors (Lipinski definition) is 3. The number of thiocarbonyl (C=S) groups is 1. The number of hydrogen-bond donors (Lipinski definition) is 2. The smallest absolute Gasteiger partial charge is 0.167 e. The summed E-state index contributed by atoms with van der Waals surface area (Å²) < 4.78 is 0. The minimum atomic E-state index is -1.25. The van der Waals surface area contributed by atoms with E-state index in [1.54, 1.807) is 0 Å². The highest BCUT2D eigenvalue weighted by molar-refractivity contribution is 7.80. The van der Waals surface area contributed by atoms with Crippen LogP contribution in [-0.2, 0) is 9.59 Å². The molecule has 30 heavy (non-hydrogen) atoms. The molecule has 1 saturated heterocycles. The van der Waals surface area contributed by atoms with Crippen LogP contribution in [0.1, 0.15) is 61.0 Å². The van der Waals surface area contributed by atoms with Gasteiger partial charge < -0.3 is 10.6 Å². The Hall–Kier alpha value is -2.53. The molecular weight excluding hydrogens is 392 g/mol. The van der Waals surface area contributed by atoms with Gasteiger partial charge in [0, 0.05) is 12.8 Å². The van der Waals surface area contributed by atoms with E-state index in [4.69, 9.17) is 12.2 Å². The second-order valence-corrected chi connectivity index (χ2v) is 9.95. The maximum Gasteiger partial charge on any atom is 0.167 e. The van der Waals surface area contributed by atoms with E-state index in [2.05, 4.69) is 10.6 Å². The molecule has 2 atom stereocenters. The number of ketones is 2.